The molecule has 0 saturated carbocycles. The predicted molar refractivity (Wildman–Crippen MR) is 78.3 cm³/mol. The maximum atomic E-state index is 5.70. The first-order valence-corrected chi connectivity index (χ1v) is 6.49. The number of rotatable bonds is 2. The Bertz CT molecular complexity index is 902. The Kier molecular flexibility index (Phi) is 2.67. The van der Waals surface area contributed by atoms with Crippen LogP contribution >= 0.6 is 0 Å². The van der Waals surface area contributed by atoms with Gasteiger partial charge in [0.05, 0.1) is 16.6 Å². The number of fused-ring (bicyclic) bond motifs is 1. The Morgan fingerprint density at radius 2 is 1.67 bits per heavy atom. The van der Waals surface area contributed by atoms with Crippen molar-refractivity contribution in [2.24, 2.45) is 0 Å². The molecule has 0 N–H and O–H groups in total. The Hall–Kier alpha value is -3.08. The Balaban J connectivity index is 1.77. The second-order valence-electron chi connectivity index (χ2n) is 4.57. The van der Waals surface area contributed by atoms with Gasteiger partial charge in [0.25, 0.3) is 0 Å². The van der Waals surface area contributed by atoms with Gasteiger partial charge in [0, 0.05) is 24.0 Å². The summed E-state index contributed by atoms with van der Waals surface area (Å²) >= 11 is 0. The highest BCUT2D eigenvalue weighted by Crippen LogP contribution is 2.24. The normalized spacial score (nSPS) is 10.9. The molecule has 0 saturated heterocycles. The summed E-state index contributed by atoms with van der Waals surface area (Å²) in [5.74, 6) is 0.901. The van der Waals surface area contributed by atoms with E-state index in [0.717, 1.165) is 22.0 Å². The highest BCUT2D eigenvalue weighted by molar-refractivity contribution is 5.82. The SMILES string of the molecule is c1cncc(-c2nnc(-c3cnc4ccccc4c3)o2)c1. The van der Waals surface area contributed by atoms with Gasteiger partial charge in [-0.05, 0) is 24.3 Å². The topological polar surface area (TPSA) is 64.7 Å². The Morgan fingerprint density at radius 3 is 2.52 bits per heavy atom. The van der Waals surface area contributed by atoms with Crippen LogP contribution in [0.4, 0.5) is 0 Å². The molecule has 5 heteroatoms. The third-order valence-electron chi connectivity index (χ3n) is 3.17. The predicted octanol–water partition coefficient (Wildman–Crippen LogP) is 3.35. The first-order valence-electron chi connectivity index (χ1n) is 6.49. The van der Waals surface area contributed by atoms with Crippen molar-refractivity contribution in [2.45, 2.75) is 0 Å². The van der Waals surface area contributed by atoms with Crippen molar-refractivity contribution in [3.8, 4) is 22.9 Å². The fourth-order valence-electron chi connectivity index (χ4n) is 2.13. The molecular formula is C16H10N4O. The molecule has 21 heavy (non-hydrogen) atoms. The number of hydrogen-bond donors (Lipinski definition) is 0. The first-order chi connectivity index (χ1) is 10.4. The van der Waals surface area contributed by atoms with E-state index in [2.05, 4.69) is 20.2 Å². The fourth-order valence-corrected chi connectivity index (χ4v) is 2.13. The molecule has 0 aliphatic heterocycles. The standard InChI is InChI=1S/C16H10N4O/c1-2-6-14-11(4-1)8-13(10-18-14)16-20-19-15(21-16)12-5-3-7-17-9-12/h1-10H. The summed E-state index contributed by atoms with van der Waals surface area (Å²) in [7, 11) is 0. The monoisotopic (exact) mass is 274 g/mol. The summed E-state index contributed by atoms with van der Waals surface area (Å²) in [6, 6.07) is 13.6. The molecular weight excluding hydrogens is 264 g/mol. The van der Waals surface area contributed by atoms with Gasteiger partial charge in [-0.15, -0.1) is 10.2 Å². The minimum absolute atomic E-state index is 0.450. The van der Waals surface area contributed by atoms with Crippen LogP contribution in [0.15, 0.2) is 65.5 Å². The zero-order chi connectivity index (χ0) is 14.1. The number of aromatic nitrogens is 4. The number of benzene rings is 1. The van der Waals surface area contributed by atoms with E-state index in [4.69, 9.17) is 4.42 Å². The maximum absolute atomic E-state index is 5.70. The lowest BCUT2D eigenvalue weighted by Gasteiger charge is -1.98. The molecule has 5 nitrogen and oxygen atoms in total. The summed E-state index contributed by atoms with van der Waals surface area (Å²) < 4.78 is 5.70. The van der Waals surface area contributed by atoms with E-state index in [1.54, 1.807) is 18.6 Å². The smallest absolute Gasteiger partial charge is 0.249 e. The van der Waals surface area contributed by atoms with Gasteiger partial charge in [-0.2, -0.15) is 0 Å². The van der Waals surface area contributed by atoms with Crippen LogP contribution in [-0.4, -0.2) is 20.2 Å². The molecule has 0 atom stereocenters. The Labute approximate surface area is 120 Å². The van der Waals surface area contributed by atoms with Crippen LogP contribution in [0.3, 0.4) is 0 Å². The van der Waals surface area contributed by atoms with Crippen LogP contribution in [0.2, 0.25) is 0 Å². The average molecular weight is 274 g/mol. The Morgan fingerprint density at radius 1 is 0.810 bits per heavy atom. The lowest BCUT2D eigenvalue weighted by molar-refractivity contribution is 0.584. The van der Waals surface area contributed by atoms with Crippen molar-refractivity contribution in [2.75, 3.05) is 0 Å². The molecule has 4 aromatic rings. The van der Waals surface area contributed by atoms with E-state index in [1.807, 2.05) is 42.5 Å². The van der Waals surface area contributed by atoms with Crippen LogP contribution in [0.25, 0.3) is 33.8 Å². The van der Waals surface area contributed by atoms with Crippen molar-refractivity contribution < 1.29 is 4.42 Å². The van der Waals surface area contributed by atoms with E-state index in [1.165, 1.54) is 0 Å². The number of nitrogens with zero attached hydrogens (tertiary/aromatic N) is 4. The third-order valence-corrected chi connectivity index (χ3v) is 3.17. The highest BCUT2D eigenvalue weighted by Gasteiger charge is 2.11. The molecule has 100 valence electrons. The first kappa shape index (κ1) is 11.7. The molecule has 0 bridgehead atoms. The van der Waals surface area contributed by atoms with E-state index in [-0.39, 0.29) is 0 Å². The van der Waals surface area contributed by atoms with Crippen LogP contribution in [0.5, 0.6) is 0 Å². The molecule has 0 radical (unpaired) electrons. The lowest BCUT2D eigenvalue weighted by atomic mass is 10.1. The molecule has 0 aliphatic carbocycles. The molecule has 0 amide bonds. The van der Waals surface area contributed by atoms with Crippen molar-refractivity contribution in [1.29, 1.82) is 0 Å². The van der Waals surface area contributed by atoms with Gasteiger partial charge in [-0.25, -0.2) is 0 Å². The van der Waals surface area contributed by atoms with Gasteiger partial charge in [0.15, 0.2) is 0 Å². The van der Waals surface area contributed by atoms with Crippen LogP contribution < -0.4 is 0 Å². The summed E-state index contributed by atoms with van der Waals surface area (Å²) in [5, 5.41) is 9.18. The van der Waals surface area contributed by atoms with Crippen molar-refractivity contribution in [1.82, 2.24) is 20.2 Å². The number of para-hydroxylation sites is 1. The highest BCUT2D eigenvalue weighted by atomic mass is 16.4. The fraction of sp³-hybridized carbons (Fsp3) is 0. The number of hydrogen-bond acceptors (Lipinski definition) is 5. The minimum atomic E-state index is 0.450. The van der Waals surface area contributed by atoms with Gasteiger partial charge in [0.2, 0.25) is 11.8 Å². The van der Waals surface area contributed by atoms with Crippen molar-refractivity contribution in [3.63, 3.8) is 0 Å². The summed E-state index contributed by atoms with van der Waals surface area (Å²) in [5.41, 5.74) is 2.54. The van der Waals surface area contributed by atoms with Crippen molar-refractivity contribution in [3.05, 3.63) is 61.1 Å². The molecule has 1 aromatic carbocycles. The van der Waals surface area contributed by atoms with Gasteiger partial charge in [-0.3, -0.25) is 9.97 Å². The molecule has 4 rings (SSSR count). The molecule has 0 fully saturated rings. The van der Waals surface area contributed by atoms with E-state index < -0.39 is 0 Å². The van der Waals surface area contributed by atoms with Crippen molar-refractivity contribution >= 4 is 10.9 Å². The van der Waals surface area contributed by atoms with Crippen LogP contribution in [0.1, 0.15) is 0 Å². The molecule has 3 aromatic heterocycles. The second kappa shape index (κ2) is 4.79. The summed E-state index contributed by atoms with van der Waals surface area (Å²) in [6.45, 7) is 0. The van der Waals surface area contributed by atoms with Gasteiger partial charge >= 0.3 is 0 Å². The summed E-state index contributed by atoms with van der Waals surface area (Å²) in [6.07, 6.45) is 5.13. The van der Waals surface area contributed by atoms with E-state index in [9.17, 15) is 0 Å². The summed E-state index contributed by atoms with van der Waals surface area (Å²) in [4.78, 5) is 8.44. The third kappa shape index (κ3) is 2.14. The lowest BCUT2D eigenvalue weighted by Crippen LogP contribution is -1.82. The van der Waals surface area contributed by atoms with Gasteiger partial charge in [-0.1, -0.05) is 18.2 Å². The quantitative estimate of drug-likeness (QED) is 0.561. The zero-order valence-electron chi connectivity index (χ0n) is 11.0. The molecule has 3 heterocycles. The van der Waals surface area contributed by atoms with E-state index >= 15 is 0 Å². The minimum Gasteiger partial charge on any atom is -0.416 e. The largest absolute Gasteiger partial charge is 0.416 e. The second-order valence-corrected chi connectivity index (χ2v) is 4.57. The maximum Gasteiger partial charge on any atom is 0.249 e. The molecule has 0 spiro atoms. The van der Waals surface area contributed by atoms with E-state index in [0.29, 0.717) is 11.8 Å². The average Bonchev–Trinajstić information content (AvgIpc) is 3.05. The molecule has 0 aliphatic rings. The zero-order valence-corrected chi connectivity index (χ0v) is 11.0. The number of pyridine rings is 2. The van der Waals surface area contributed by atoms with Gasteiger partial charge in [0.1, 0.15) is 0 Å². The van der Waals surface area contributed by atoms with Crippen LogP contribution in [-0.2, 0) is 0 Å². The molecule has 0 unspecified atom stereocenters. The van der Waals surface area contributed by atoms with Crippen LogP contribution in [0, 0.1) is 0 Å². The van der Waals surface area contributed by atoms with Gasteiger partial charge < -0.3 is 4.42 Å².